The molecule has 3 heteroatoms. The summed E-state index contributed by atoms with van der Waals surface area (Å²) in [6.07, 6.45) is 0. The summed E-state index contributed by atoms with van der Waals surface area (Å²) < 4.78 is 0. The molecule has 0 spiro atoms. The van der Waals surface area contributed by atoms with Crippen LogP contribution < -0.4 is 10.2 Å². The fourth-order valence-corrected chi connectivity index (χ4v) is 1.86. The minimum Gasteiger partial charge on any atom is -0.377 e. The molecule has 1 N–H and O–H groups in total. The van der Waals surface area contributed by atoms with Gasteiger partial charge in [-0.15, -0.1) is 0 Å². The molecular weight excluding hydrogens is 220 g/mol. The normalized spacial score (nSPS) is 10.9. The average molecular weight is 241 g/mol. The summed E-state index contributed by atoms with van der Waals surface area (Å²) in [6.45, 7) is 6.24. The van der Waals surface area contributed by atoms with Gasteiger partial charge in [-0.25, -0.2) is 0 Å². The first kappa shape index (κ1) is 13.3. The summed E-state index contributed by atoms with van der Waals surface area (Å²) in [6, 6.07) is 6.03. The van der Waals surface area contributed by atoms with E-state index in [1.807, 2.05) is 26.2 Å². The molecule has 1 aromatic carbocycles. The Bertz CT molecular complexity index is 335. The topological polar surface area (TPSA) is 15.3 Å². The molecule has 0 unspecified atom stereocenters. The van der Waals surface area contributed by atoms with Crippen molar-refractivity contribution in [2.75, 3.05) is 25.5 Å². The highest BCUT2D eigenvalue weighted by Crippen LogP contribution is 2.26. The number of nitrogens with one attached hydrogen (secondary N) is 1. The molecule has 0 radical (unpaired) electrons. The van der Waals surface area contributed by atoms with Gasteiger partial charge in [-0.3, -0.25) is 0 Å². The number of benzene rings is 1. The molecule has 0 bridgehead atoms. The average Bonchev–Trinajstić information content (AvgIpc) is 2.19. The predicted octanol–water partition coefficient (Wildman–Crippen LogP) is 3.15. The maximum Gasteiger partial charge on any atom is 0.0471 e. The van der Waals surface area contributed by atoms with E-state index in [1.165, 1.54) is 11.3 Å². The van der Waals surface area contributed by atoms with Crippen molar-refractivity contribution in [3.05, 3.63) is 28.8 Å². The Kier molecular flexibility index (Phi) is 5.10. The molecule has 1 rings (SSSR count). The van der Waals surface area contributed by atoms with Crippen LogP contribution in [0.4, 0.5) is 5.69 Å². The minimum absolute atomic E-state index is 0.658. The molecule has 0 aromatic heterocycles. The van der Waals surface area contributed by atoms with Gasteiger partial charge in [0.05, 0.1) is 0 Å². The van der Waals surface area contributed by atoms with Crippen molar-refractivity contribution in [1.29, 1.82) is 0 Å². The number of nitrogens with zero attached hydrogens (tertiary/aromatic N) is 1. The van der Waals surface area contributed by atoms with Crippen LogP contribution in [0.15, 0.2) is 18.2 Å². The van der Waals surface area contributed by atoms with Gasteiger partial charge >= 0.3 is 0 Å². The van der Waals surface area contributed by atoms with Crippen LogP contribution in [0.3, 0.4) is 0 Å². The van der Waals surface area contributed by atoms with Gasteiger partial charge in [-0.1, -0.05) is 31.5 Å². The van der Waals surface area contributed by atoms with Crippen molar-refractivity contribution in [2.45, 2.75) is 20.4 Å². The van der Waals surface area contributed by atoms with E-state index in [4.69, 9.17) is 11.6 Å². The van der Waals surface area contributed by atoms with E-state index in [9.17, 15) is 0 Å². The molecule has 0 atom stereocenters. The Morgan fingerprint density at radius 1 is 1.31 bits per heavy atom. The minimum atomic E-state index is 0.658. The second kappa shape index (κ2) is 6.12. The molecular formula is C13H21ClN2. The standard InChI is InChI=1S/C13H21ClN2/c1-10(2)8-15-9-11-12(14)6-5-7-13(11)16(3)4/h5-7,10,15H,8-9H2,1-4H3. The highest BCUT2D eigenvalue weighted by Gasteiger charge is 2.08. The summed E-state index contributed by atoms with van der Waals surface area (Å²) >= 11 is 6.22. The largest absolute Gasteiger partial charge is 0.377 e. The third kappa shape index (κ3) is 3.69. The van der Waals surface area contributed by atoms with E-state index in [1.54, 1.807) is 0 Å². The van der Waals surface area contributed by atoms with Gasteiger partial charge < -0.3 is 10.2 Å². The van der Waals surface area contributed by atoms with Crippen molar-refractivity contribution >= 4 is 17.3 Å². The van der Waals surface area contributed by atoms with E-state index in [0.717, 1.165) is 18.1 Å². The molecule has 16 heavy (non-hydrogen) atoms. The molecule has 0 heterocycles. The third-order valence-corrected chi connectivity index (χ3v) is 2.78. The van der Waals surface area contributed by atoms with Gasteiger partial charge in [-0.05, 0) is 24.6 Å². The van der Waals surface area contributed by atoms with Crippen LogP contribution in [0.2, 0.25) is 5.02 Å². The van der Waals surface area contributed by atoms with Crippen LogP contribution in [0, 0.1) is 5.92 Å². The molecule has 0 fully saturated rings. The van der Waals surface area contributed by atoms with Crippen LogP contribution >= 0.6 is 11.6 Å². The van der Waals surface area contributed by atoms with E-state index < -0.39 is 0 Å². The van der Waals surface area contributed by atoms with Gasteiger partial charge in [0, 0.05) is 36.9 Å². The molecule has 0 aliphatic heterocycles. The highest BCUT2D eigenvalue weighted by molar-refractivity contribution is 6.31. The Balaban J connectivity index is 2.76. The number of halogens is 1. The summed E-state index contributed by atoms with van der Waals surface area (Å²) in [5.74, 6) is 0.658. The number of anilines is 1. The fraction of sp³-hybridized carbons (Fsp3) is 0.538. The zero-order valence-corrected chi connectivity index (χ0v) is 11.3. The lowest BCUT2D eigenvalue weighted by Gasteiger charge is -2.19. The molecule has 0 saturated heterocycles. The van der Waals surface area contributed by atoms with Gasteiger partial charge in [0.1, 0.15) is 0 Å². The zero-order chi connectivity index (χ0) is 12.1. The van der Waals surface area contributed by atoms with E-state index in [2.05, 4.69) is 30.1 Å². The van der Waals surface area contributed by atoms with Crippen molar-refractivity contribution in [3.8, 4) is 0 Å². The van der Waals surface area contributed by atoms with Crippen LogP contribution in [0.5, 0.6) is 0 Å². The Morgan fingerprint density at radius 3 is 2.56 bits per heavy atom. The lowest BCUT2D eigenvalue weighted by molar-refractivity contribution is 0.552. The van der Waals surface area contributed by atoms with E-state index >= 15 is 0 Å². The first-order valence-corrected chi connectivity index (χ1v) is 6.05. The van der Waals surface area contributed by atoms with Gasteiger partial charge in [-0.2, -0.15) is 0 Å². The summed E-state index contributed by atoms with van der Waals surface area (Å²) in [7, 11) is 4.08. The van der Waals surface area contributed by atoms with Crippen molar-refractivity contribution in [3.63, 3.8) is 0 Å². The lowest BCUT2D eigenvalue weighted by Crippen LogP contribution is -2.21. The van der Waals surface area contributed by atoms with E-state index in [0.29, 0.717) is 5.92 Å². The molecule has 90 valence electrons. The summed E-state index contributed by atoms with van der Waals surface area (Å²) in [5.41, 5.74) is 2.36. The Morgan fingerprint density at radius 2 is 2.00 bits per heavy atom. The van der Waals surface area contributed by atoms with Crippen LogP contribution in [0.25, 0.3) is 0 Å². The molecule has 0 saturated carbocycles. The van der Waals surface area contributed by atoms with Crippen molar-refractivity contribution < 1.29 is 0 Å². The predicted molar refractivity (Wildman–Crippen MR) is 72.3 cm³/mol. The quantitative estimate of drug-likeness (QED) is 0.851. The maximum atomic E-state index is 6.22. The fourth-order valence-electron chi connectivity index (χ4n) is 1.63. The number of hydrogen-bond donors (Lipinski definition) is 1. The molecule has 0 amide bonds. The summed E-state index contributed by atoms with van der Waals surface area (Å²) in [4.78, 5) is 2.10. The highest BCUT2D eigenvalue weighted by atomic mass is 35.5. The smallest absolute Gasteiger partial charge is 0.0471 e. The van der Waals surface area contributed by atoms with E-state index in [-0.39, 0.29) is 0 Å². The van der Waals surface area contributed by atoms with Crippen LogP contribution in [-0.2, 0) is 6.54 Å². The molecule has 0 aliphatic rings. The number of rotatable bonds is 5. The van der Waals surface area contributed by atoms with Gasteiger partial charge in [0.2, 0.25) is 0 Å². The zero-order valence-electron chi connectivity index (χ0n) is 10.5. The molecule has 0 aliphatic carbocycles. The SMILES string of the molecule is CC(C)CNCc1c(Cl)cccc1N(C)C. The van der Waals surface area contributed by atoms with Crippen LogP contribution in [-0.4, -0.2) is 20.6 Å². The van der Waals surface area contributed by atoms with Crippen molar-refractivity contribution in [2.24, 2.45) is 5.92 Å². The third-order valence-electron chi connectivity index (χ3n) is 2.43. The Labute approximate surface area is 104 Å². The van der Waals surface area contributed by atoms with Crippen molar-refractivity contribution in [1.82, 2.24) is 5.32 Å². The van der Waals surface area contributed by atoms with Crippen LogP contribution in [0.1, 0.15) is 19.4 Å². The second-order valence-electron chi connectivity index (χ2n) is 4.66. The van der Waals surface area contributed by atoms with Gasteiger partial charge in [0.25, 0.3) is 0 Å². The second-order valence-corrected chi connectivity index (χ2v) is 5.06. The van der Waals surface area contributed by atoms with Gasteiger partial charge in [0.15, 0.2) is 0 Å². The summed E-state index contributed by atoms with van der Waals surface area (Å²) in [5, 5.41) is 4.26. The first-order chi connectivity index (χ1) is 7.52. The first-order valence-electron chi connectivity index (χ1n) is 5.67. The molecule has 1 aromatic rings. The molecule has 2 nitrogen and oxygen atoms in total. The Hall–Kier alpha value is -0.730. The lowest BCUT2D eigenvalue weighted by atomic mass is 10.1. The monoisotopic (exact) mass is 240 g/mol. The maximum absolute atomic E-state index is 6.22. The number of hydrogen-bond acceptors (Lipinski definition) is 2.